The van der Waals surface area contributed by atoms with Crippen molar-refractivity contribution >= 4 is 29.5 Å². The van der Waals surface area contributed by atoms with E-state index in [2.05, 4.69) is 29.6 Å². The molecule has 0 N–H and O–H groups in total. The third-order valence-electron chi connectivity index (χ3n) is 5.96. The molecule has 0 aromatic heterocycles. The molecule has 4 rings (SSSR count). The fourth-order valence-electron chi connectivity index (χ4n) is 4.82. The zero-order valence-corrected chi connectivity index (χ0v) is 15.9. The van der Waals surface area contributed by atoms with Gasteiger partial charge in [-0.05, 0) is 43.6 Å². The number of benzene rings is 1. The number of ether oxygens (including phenoxy) is 1. The monoisotopic (exact) mass is 373 g/mol. The van der Waals surface area contributed by atoms with E-state index in [9.17, 15) is 4.79 Å². The molecule has 1 aromatic carbocycles. The normalized spacial score (nSPS) is 30.0. The number of hydrogen-bond donors (Lipinski definition) is 0. The van der Waals surface area contributed by atoms with E-state index in [1.54, 1.807) is 6.07 Å². The Labute approximate surface area is 157 Å². The van der Waals surface area contributed by atoms with Crippen LogP contribution < -0.4 is 0 Å². The van der Waals surface area contributed by atoms with Crippen molar-refractivity contribution in [1.82, 2.24) is 0 Å². The second-order valence-corrected chi connectivity index (χ2v) is 10.3. The minimum atomic E-state index is -0.0625. The van der Waals surface area contributed by atoms with Crippen LogP contribution >= 0.6 is 23.5 Å². The Balaban J connectivity index is 1.41. The first-order valence-corrected chi connectivity index (χ1v) is 11.1. The second-order valence-electron chi connectivity index (χ2n) is 7.29. The lowest BCUT2D eigenvalue weighted by molar-refractivity contribution is -0.152. The lowest BCUT2D eigenvalue weighted by atomic mass is 9.67. The number of rotatable bonds is 3. The standard InChI is InChI=1S/C20H23NO2S2/c21-12-14-4-1-2-5-15(14)13-23-19(22)16-10-17-6-3-7-18(11-16)20(17)24-8-9-25-20/h1-2,4-5,16-18H,3,6-11,13H2/t16?,17-,18+. The Kier molecular flexibility index (Phi) is 5.01. The number of carbonyl (C=O) groups is 1. The van der Waals surface area contributed by atoms with Gasteiger partial charge >= 0.3 is 5.97 Å². The number of nitriles is 1. The predicted octanol–water partition coefficient (Wildman–Crippen LogP) is 4.60. The molecule has 1 aliphatic heterocycles. The van der Waals surface area contributed by atoms with Crippen LogP contribution in [0.4, 0.5) is 0 Å². The van der Waals surface area contributed by atoms with Crippen molar-refractivity contribution in [1.29, 1.82) is 5.26 Å². The summed E-state index contributed by atoms with van der Waals surface area (Å²) < 4.78 is 6.01. The Morgan fingerprint density at radius 2 is 1.88 bits per heavy atom. The van der Waals surface area contributed by atoms with E-state index in [4.69, 9.17) is 10.00 Å². The van der Waals surface area contributed by atoms with Gasteiger partial charge in [-0.2, -0.15) is 5.26 Å². The highest BCUT2D eigenvalue weighted by atomic mass is 32.2. The Bertz CT molecular complexity index is 677. The summed E-state index contributed by atoms with van der Waals surface area (Å²) in [5.41, 5.74) is 1.39. The molecule has 0 radical (unpaired) electrons. The van der Waals surface area contributed by atoms with Crippen LogP contribution in [0.5, 0.6) is 0 Å². The second kappa shape index (κ2) is 7.25. The first-order valence-electron chi connectivity index (χ1n) is 9.15. The minimum absolute atomic E-state index is 0.0389. The molecule has 0 amide bonds. The fourth-order valence-corrected chi connectivity index (χ4v) is 8.76. The molecule has 2 bridgehead atoms. The molecule has 3 atom stereocenters. The highest BCUT2D eigenvalue weighted by Gasteiger charge is 2.55. The molecule has 3 nitrogen and oxygen atoms in total. The first kappa shape index (κ1) is 17.3. The minimum Gasteiger partial charge on any atom is -0.461 e. The Hall–Kier alpha value is -1.12. The molecule has 1 spiro atoms. The zero-order valence-electron chi connectivity index (χ0n) is 14.3. The van der Waals surface area contributed by atoms with Gasteiger partial charge in [0.05, 0.1) is 21.6 Å². The molecule has 1 heterocycles. The quantitative estimate of drug-likeness (QED) is 0.725. The van der Waals surface area contributed by atoms with Crippen LogP contribution in [0.3, 0.4) is 0 Å². The average molecular weight is 374 g/mol. The van der Waals surface area contributed by atoms with Crippen LogP contribution in [-0.4, -0.2) is 21.6 Å². The maximum Gasteiger partial charge on any atom is 0.309 e. The maximum atomic E-state index is 12.7. The van der Waals surface area contributed by atoms with Gasteiger partial charge in [0.25, 0.3) is 0 Å². The summed E-state index contributed by atoms with van der Waals surface area (Å²) in [5.74, 6) is 3.81. The van der Waals surface area contributed by atoms with E-state index >= 15 is 0 Å². The lowest BCUT2D eigenvalue weighted by Gasteiger charge is -2.51. The van der Waals surface area contributed by atoms with Gasteiger partial charge in [0, 0.05) is 17.1 Å². The number of esters is 1. The number of carbonyl (C=O) groups excluding carboxylic acids is 1. The number of hydrogen-bond acceptors (Lipinski definition) is 5. The zero-order chi connectivity index (χ0) is 17.3. The first-order chi connectivity index (χ1) is 12.2. The van der Waals surface area contributed by atoms with Gasteiger partial charge in [-0.25, -0.2) is 0 Å². The van der Waals surface area contributed by atoms with Crippen molar-refractivity contribution in [3.05, 3.63) is 35.4 Å². The molecular weight excluding hydrogens is 350 g/mol. The summed E-state index contributed by atoms with van der Waals surface area (Å²) >= 11 is 4.32. The smallest absolute Gasteiger partial charge is 0.309 e. The van der Waals surface area contributed by atoms with Crippen molar-refractivity contribution < 1.29 is 9.53 Å². The van der Waals surface area contributed by atoms with Gasteiger partial charge in [0.15, 0.2) is 0 Å². The van der Waals surface area contributed by atoms with Gasteiger partial charge in [-0.1, -0.05) is 24.6 Å². The predicted molar refractivity (Wildman–Crippen MR) is 102 cm³/mol. The van der Waals surface area contributed by atoms with Gasteiger partial charge in [-0.3, -0.25) is 4.79 Å². The molecule has 3 fully saturated rings. The molecule has 3 aliphatic rings. The summed E-state index contributed by atoms with van der Waals surface area (Å²) in [5, 5.41) is 9.16. The van der Waals surface area contributed by atoms with Crippen LogP contribution in [0.2, 0.25) is 0 Å². The van der Waals surface area contributed by atoms with Gasteiger partial charge < -0.3 is 4.74 Å². The van der Waals surface area contributed by atoms with E-state index < -0.39 is 0 Å². The van der Waals surface area contributed by atoms with Crippen LogP contribution in [-0.2, 0) is 16.1 Å². The van der Waals surface area contributed by atoms with E-state index in [-0.39, 0.29) is 18.5 Å². The van der Waals surface area contributed by atoms with Crippen LogP contribution in [0.25, 0.3) is 0 Å². The van der Waals surface area contributed by atoms with E-state index in [1.807, 2.05) is 18.2 Å². The number of nitrogens with zero attached hydrogens (tertiary/aromatic N) is 1. The van der Waals surface area contributed by atoms with Gasteiger partial charge in [0.2, 0.25) is 0 Å². The van der Waals surface area contributed by atoms with E-state index in [1.165, 1.54) is 30.8 Å². The molecule has 2 saturated carbocycles. The lowest BCUT2D eigenvalue weighted by Crippen LogP contribution is -2.48. The Morgan fingerprint density at radius 1 is 1.20 bits per heavy atom. The molecule has 1 unspecified atom stereocenters. The third kappa shape index (κ3) is 3.19. The molecular formula is C20H23NO2S2. The molecule has 5 heteroatoms. The highest BCUT2D eigenvalue weighted by Crippen LogP contribution is 2.64. The SMILES string of the molecule is N#Cc1ccccc1COC(=O)C1C[C@H]2CCC[C@@H](C1)C21SCCS1. The average Bonchev–Trinajstić information content (AvgIpc) is 3.09. The van der Waals surface area contributed by atoms with E-state index in [0.29, 0.717) is 21.5 Å². The summed E-state index contributed by atoms with van der Waals surface area (Å²) in [7, 11) is 0. The molecule has 1 saturated heterocycles. The molecule has 2 aliphatic carbocycles. The summed E-state index contributed by atoms with van der Waals surface area (Å²) in [6.45, 7) is 0.211. The topological polar surface area (TPSA) is 50.1 Å². The Morgan fingerprint density at radius 3 is 2.56 bits per heavy atom. The van der Waals surface area contributed by atoms with Crippen molar-refractivity contribution in [3.8, 4) is 6.07 Å². The van der Waals surface area contributed by atoms with Crippen LogP contribution in [0.15, 0.2) is 24.3 Å². The van der Waals surface area contributed by atoms with Crippen molar-refractivity contribution in [2.45, 2.75) is 42.8 Å². The maximum absolute atomic E-state index is 12.7. The van der Waals surface area contributed by atoms with Crippen LogP contribution in [0, 0.1) is 29.1 Å². The van der Waals surface area contributed by atoms with E-state index in [0.717, 1.165) is 18.4 Å². The third-order valence-corrected chi connectivity index (χ3v) is 9.98. The molecule has 1 aromatic rings. The van der Waals surface area contributed by atoms with Crippen LogP contribution in [0.1, 0.15) is 43.2 Å². The summed E-state index contributed by atoms with van der Waals surface area (Å²) in [6, 6.07) is 9.52. The van der Waals surface area contributed by atoms with Crippen molar-refractivity contribution in [2.24, 2.45) is 17.8 Å². The largest absolute Gasteiger partial charge is 0.461 e. The summed E-state index contributed by atoms with van der Waals surface area (Å²) in [4.78, 5) is 12.7. The summed E-state index contributed by atoms with van der Waals surface area (Å²) in [6.07, 6.45) is 5.80. The number of thioether (sulfide) groups is 2. The fraction of sp³-hybridized carbons (Fsp3) is 0.600. The molecule has 132 valence electrons. The van der Waals surface area contributed by atoms with Gasteiger partial charge in [-0.15, -0.1) is 23.5 Å². The van der Waals surface area contributed by atoms with Crippen molar-refractivity contribution in [2.75, 3.05) is 11.5 Å². The van der Waals surface area contributed by atoms with Gasteiger partial charge in [0.1, 0.15) is 6.61 Å². The van der Waals surface area contributed by atoms with Crippen molar-refractivity contribution in [3.63, 3.8) is 0 Å². The molecule has 25 heavy (non-hydrogen) atoms. The highest BCUT2D eigenvalue weighted by molar-refractivity contribution is 8.21.